The lowest BCUT2D eigenvalue weighted by Gasteiger charge is -2.27. The number of amides is 1. The first-order chi connectivity index (χ1) is 14.6. The minimum atomic E-state index is -3.93. The minimum Gasteiger partial charge on any atom is -0.492 e. The largest absolute Gasteiger partial charge is 0.492 e. The SMILES string of the molecule is C=CCN1C(=O)C(C)(C)COc2ccc(NS(=O)(=O)c3cc(C)ccc3OCC)cc21. The van der Waals surface area contributed by atoms with Crippen LogP contribution in [0.25, 0.3) is 0 Å². The fraction of sp³-hybridized carbons (Fsp3) is 0.348. The number of sulfonamides is 1. The molecule has 0 saturated carbocycles. The number of fused-ring (bicyclic) bond motifs is 1. The van der Waals surface area contributed by atoms with Gasteiger partial charge in [0, 0.05) is 6.54 Å². The van der Waals surface area contributed by atoms with E-state index in [0.29, 0.717) is 23.7 Å². The molecule has 31 heavy (non-hydrogen) atoms. The summed E-state index contributed by atoms with van der Waals surface area (Å²) >= 11 is 0. The van der Waals surface area contributed by atoms with Crippen LogP contribution in [0, 0.1) is 12.3 Å². The van der Waals surface area contributed by atoms with Crippen molar-refractivity contribution in [2.45, 2.75) is 32.6 Å². The number of anilines is 2. The Morgan fingerprint density at radius 3 is 2.68 bits per heavy atom. The highest BCUT2D eigenvalue weighted by molar-refractivity contribution is 7.92. The van der Waals surface area contributed by atoms with Crippen molar-refractivity contribution in [2.24, 2.45) is 5.41 Å². The van der Waals surface area contributed by atoms with Gasteiger partial charge in [-0.15, -0.1) is 6.58 Å². The lowest BCUT2D eigenvalue weighted by atomic mass is 9.93. The van der Waals surface area contributed by atoms with Gasteiger partial charge in [-0.05, 0) is 63.6 Å². The summed E-state index contributed by atoms with van der Waals surface area (Å²) in [6.07, 6.45) is 1.63. The molecule has 2 aromatic rings. The minimum absolute atomic E-state index is 0.0562. The van der Waals surface area contributed by atoms with Gasteiger partial charge in [-0.2, -0.15) is 0 Å². The number of carbonyl (C=O) groups is 1. The van der Waals surface area contributed by atoms with Crippen molar-refractivity contribution < 1.29 is 22.7 Å². The molecule has 0 radical (unpaired) electrons. The van der Waals surface area contributed by atoms with Crippen LogP contribution in [0.15, 0.2) is 53.9 Å². The fourth-order valence-electron chi connectivity index (χ4n) is 3.33. The number of nitrogens with zero attached hydrogens (tertiary/aromatic N) is 1. The summed E-state index contributed by atoms with van der Waals surface area (Å²) in [5.74, 6) is 0.668. The molecule has 1 N–H and O–H groups in total. The van der Waals surface area contributed by atoms with Gasteiger partial charge >= 0.3 is 0 Å². The van der Waals surface area contributed by atoms with Crippen LogP contribution >= 0.6 is 0 Å². The second-order valence-corrected chi connectivity index (χ2v) is 9.70. The lowest BCUT2D eigenvalue weighted by molar-refractivity contribution is -0.127. The van der Waals surface area contributed by atoms with Gasteiger partial charge in [0.15, 0.2) is 0 Å². The van der Waals surface area contributed by atoms with Crippen LogP contribution in [0.5, 0.6) is 11.5 Å². The third-order valence-electron chi connectivity index (χ3n) is 4.91. The van der Waals surface area contributed by atoms with E-state index >= 15 is 0 Å². The van der Waals surface area contributed by atoms with Gasteiger partial charge in [0.25, 0.3) is 10.0 Å². The van der Waals surface area contributed by atoms with Crippen LogP contribution < -0.4 is 19.1 Å². The smallest absolute Gasteiger partial charge is 0.265 e. The Hall–Kier alpha value is -3.00. The number of aryl methyl sites for hydroxylation is 1. The summed E-state index contributed by atoms with van der Waals surface area (Å²) < 4.78 is 40.2. The van der Waals surface area contributed by atoms with Gasteiger partial charge in [-0.3, -0.25) is 9.52 Å². The maximum absolute atomic E-state index is 13.1. The summed E-state index contributed by atoms with van der Waals surface area (Å²) in [4.78, 5) is 14.7. The van der Waals surface area contributed by atoms with Crippen molar-refractivity contribution in [1.82, 2.24) is 0 Å². The van der Waals surface area contributed by atoms with E-state index in [0.717, 1.165) is 5.56 Å². The molecule has 1 aliphatic rings. The zero-order valence-electron chi connectivity index (χ0n) is 18.3. The number of hydrogen-bond donors (Lipinski definition) is 1. The van der Waals surface area contributed by atoms with E-state index in [4.69, 9.17) is 9.47 Å². The van der Waals surface area contributed by atoms with Gasteiger partial charge < -0.3 is 14.4 Å². The second-order valence-electron chi connectivity index (χ2n) is 8.05. The van der Waals surface area contributed by atoms with Gasteiger partial charge in [0.05, 0.1) is 23.4 Å². The van der Waals surface area contributed by atoms with Crippen molar-refractivity contribution >= 4 is 27.3 Å². The topological polar surface area (TPSA) is 84.9 Å². The van der Waals surface area contributed by atoms with E-state index in [2.05, 4.69) is 11.3 Å². The monoisotopic (exact) mass is 444 g/mol. The number of rotatable bonds is 7. The van der Waals surface area contributed by atoms with Gasteiger partial charge in [0.2, 0.25) is 5.91 Å². The predicted molar refractivity (Wildman–Crippen MR) is 121 cm³/mol. The standard InChI is InChI=1S/C23H28N2O5S/c1-6-12-25-18-14-17(9-11-19(18)30-15-23(4,5)22(25)26)24-31(27,28)21-13-16(3)8-10-20(21)29-7-2/h6,8-11,13-14,24H,1,7,12,15H2,2-5H3. The highest BCUT2D eigenvalue weighted by atomic mass is 32.2. The van der Waals surface area contributed by atoms with Crippen LogP contribution in [-0.2, 0) is 14.8 Å². The molecule has 0 bridgehead atoms. The predicted octanol–water partition coefficient (Wildman–Crippen LogP) is 4.13. The van der Waals surface area contributed by atoms with Crippen LogP contribution in [0.2, 0.25) is 0 Å². The van der Waals surface area contributed by atoms with Crippen LogP contribution in [0.4, 0.5) is 11.4 Å². The Labute approximate surface area is 183 Å². The highest BCUT2D eigenvalue weighted by Gasteiger charge is 2.37. The second kappa shape index (κ2) is 8.63. The molecule has 7 nitrogen and oxygen atoms in total. The van der Waals surface area contributed by atoms with E-state index in [-0.39, 0.29) is 29.7 Å². The van der Waals surface area contributed by atoms with E-state index in [1.165, 1.54) is 0 Å². The molecule has 0 spiro atoms. The molecule has 1 amide bonds. The van der Waals surface area contributed by atoms with Gasteiger partial charge in [-0.1, -0.05) is 12.1 Å². The van der Waals surface area contributed by atoms with Gasteiger partial charge in [0.1, 0.15) is 23.0 Å². The van der Waals surface area contributed by atoms with Crippen molar-refractivity contribution in [3.63, 3.8) is 0 Å². The summed E-state index contributed by atoms with van der Waals surface area (Å²) in [5, 5.41) is 0. The average molecular weight is 445 g/mol. The third kappa shape index (κ3) is 4.69. The van der Waals surface area contributed by atoms with Crippen molar-refractivity contribution in [3.8, 4) is 11.5 Å². The van der Waals surface area contributed by atoms with E-state index in [1.807, 2.05) is 20.8 Å². The maximum Gasteiger partial charge on any atom is 0.265 e. The molecular weight excluding hydrogens is 416 g/mol. The van der Waals surface area contributed by atoms with Crippen molar-refractivity contribution in [2.75, 3.05) is 29.4 Å². The third-order valence-corrected chi connectivity index (χ3v) is 6.32. The Kier molecular flexibility index (Phi) is 6.31. The molecule has 2 aromatic carbocycles. The first kappa shape index (κ1) is 22.7. The molecule has 3 rings (SSSR count). The first-order valence-electron chi connectivity index (χ1n) is 10.0. The summed E-state index contributed by atoms with van der Waals surface area (Å²) in [6.45, 7) is 11.8. The Balaban J connectivity index is 2.02. The summed E-state index contributed by atoms with van der Waals surface area (Å²) in [7, 11) is -3.93. The molecule has 0 atom stereocenters. The number of carbonyl (C=O) groups excluding carboxylic acids is 1. The van der Waals surface area contributed by atoms with Crippen LogP contribution in [-0.4, -0.2) is 34.1 Å². The molecule has 1 heterocycles. The van der Waals surface area contributed by atoms with E-state index in [9.17, 15) is 13.2 Å². The molecule has 8 heteroatoms. The highest BCUT2D eigenvalue weighted by Crippen LogP contribution is 2.39. The molecule has 0 aromatic heterocycles. The van der Waals surface area contributed by atoms with Crippen LogP contribution in [0.1, 0.15) is 26.3 Å². The normalized spacial score (nSPS) is 15.5. The fourth-order valence-corrected chi connectivity index (χ4v) is 4.61. The zero-order chi connectivity index (χ0) is 22.8. The number of ether oxygens (including phenoxy) is 2. The van der Waals surface area contributed by atoms with E-state index in [1.54, 1.807) is 54.3 Å². The summed E-state index contributed by atoms with van der Waals surface area (Å²) in [6, 6.07) is 9.88. The van der Waals surface area contributed by atoms with Crippen LogP contribution in [0.3, 0.4) is 0 Å². The number of nitrogens with one attached hydrogen (secondary N) is 1. The first-order valence-corrected chi connectivity index (χ1v) is 11.5. The molecule has 0 saturated heterocycles. The van der Waals surface area contributed by atoms with Crippen molar-refractivity contribution in [1.29, 1.82) is 0 Å². The molecule has 0 aliphatic carbocycles. The lowest BCUT2D eigenvalue weighted by Crippen LogP contribution is -2.42. The Bertz CT molecular complexity index is 1110. The average Bonchev–Trinajstić information content (AvgIpc) is 2.79. The Morgan fingerprint density at radius 2 is 2.00 bits per heavy atom. The van der Waals surface area contributed by atoms with Gasteiger partial charge in [-0.25, -0.2) is 8.42 Å². The molecule has 1 aliphatic heterocycles. The molecule has 0 unspecified atom stereocenters. The molecule has 0 fully saturated rings. The number of hydrogen-bond acceptors (Lipinski definition) is 5. The molecular formula is C23H28N2O5S. The molecule has 166 valence electrons. The zero-order valence-corrected chi connectivity index (χ0v) is 19.1. The van der Waals surface area contributed by atoms with E-state index < -0.39 is 15.4 Å². The quantitative estimate of drug-likeness (QED) is 0.649. The summed E-state index contributed by atoms with van der Waals surface area (Å²) in [5.41, 5.74) is 0.873. The maximum atomic E-state index is 13.1. The number of benzene rings is 2. The Morgan fingerprint density at radius 1 is 1.26 bits per heavy atom. The van der Waals surface area contributed by atoms with Crippen molar-refractivity contribution in [3.05, 3.63) is 54.6 Å².